The average Bonchev–Trinajstić information content (AvgIpc) is 3.52. The van der Waals surface area contributed by atoms with Gasteiger partial charge in [0, 0.05) is 42.0 Å². The Balaban J connectivity index is 1.17. The van der Waals surface area contributed by atoms with Gasteiger partial charge in [0.05, 0.1) is 29.9 Å². The lowest BCUT2D eigenvalue weighted by molar-refractivity contribution is 0.0930. The Morgan fingerprint density at radius 3 is 2.79 bits per heavy atom. The Morgan fingerprint density at radius 2 is 2.03 bits per heavy atom. The number of hydrogen-bond acceptors (Lipinski definition) is 6. The first-order valence-electron chi connectivity index (χ1n) is 12.8. The molecule has 1 aliphatic rings. The number of benzene rings is 1. The Hall–Kier alpha value is -4.47. The number of pyridine rings is 2. The number of fused-ring (bicyclic) bond motifs is 3. The first-order chi connectivity index (χ1) is 18.5. The number of halogens is 1. The Morgan fingerprint density at radius 1 is 1.18 bits per heavy atom. The summed E-state index contributed by atoms with van der Waals surface area (Å²) in [5, 5.41) is 15.7. The molecule has 0 radical (unpaired) electrons. The zero-order chi connectivity index (χ0) is 26.2. The van der Waals surface area contributed by atoms with Crippen molar-refractivity contribution >= 4 is 28.3 Å². The van der Waals surface area contributed by atoms with Gasteiger partial charge in [-0.05, 0) is 62.6 Å². The van der Waals surface area contributed by atoms with Crippen LogP contribution in [0.4, 0.5) is 10.2 Å². The van der Waals surface area contributed by atoms with Gasteiger partial charge in [-0.1, -0.05) is 6.07 Å². The van der Waals surface area contributed by atoms with Crippen LogP contribution in [0.25, 0.3) is 27.7 Å². The third-order valence-electron chi connectivity index (χ3n) is 7.07. The van der Waals surface area contributed by atoms with Crippen LogP contribution >= 0.6 is 0 Å². The number of aromatic amines is 1. The molecule has 1 fully saturated rings. The molecule has 0 atom stereocenters. The summed E-state index contributed by atoms with van der Waals surface area (Å²) >= 11 is 0. The van der Waals surface area contributed by atoms with Gasteiger partial charge in [-0.25, -0.2) is 13.9 Å². The molecule has 1 aromatic carbocycles. The van der Waals surface area contributed by atoms with Gasteiger partial charge in [0.15, 0.2) is 5.65 Å². The molecule has 1 saturated heterocycles. The van der Waals surface area contributed by atoms with Gasteiger partial charge in [0.1, 0.15) is 17.4 Å². The lowest BCUT2D eigenvalue weighted by Gasteiger charge is -2.33. The fourth-order valence-corrected chi connectivity index (χ4v) is 5.09. The van der Waals surface area contributed by atoms with E-state index < -0.39 is 5.82 Å². The van der Waals surface area contributed by atoms with Crippen molar-refractivity contribution in [3.63, 3.8) is 0 Å². The number of nitrogens with zero attached hydrogens (tertiary/aromatic N) is 5. The number of aryl methyl sites for hydroxylation is 1. The van der Waals surface area contributed by atoms with Crippen LogP contribution in [0.1, 0.15) is 35.7 Å². The number of amides is 1. The summed E-state index contributed by atoms with van der Waals surface area (Å²) in [6.45, 7) is 5.86. The number of carbonyl (C=O) groups is 1. The predicted molar refractivity (Wildman–Crippen MR) is 143 cm³/mol. The fraction of sp³-hybridized carbons (Fsp3) is 0.286. The van der Waals surface area contributed by atoms with Gasteiger partial charge in [-0.15, -0.1) is 5.10 Å². The van der Waals surface area contributed by atoms with E-state index in [4.69, 9.17) is 9.72 Å². The van der Waals surface area contributed by atoms with Crippen molar-refractivity contribution in [3.8, 4) is 16.9 Å². The fourth-order valence-electron chi connectivity index (χ4n) is 5.09. The Bertz CT molecular complexity index is 1620. The van der Waals surface area contributed by atoms with Crippen molar-refractivity contribution in [2.45, 2.75) is 32.7 Å². The van der Waals surface area contributed by atoms with E-state index in [1.54, 1.807) is 12.3 Å². The molecule has 1 amide bonds. The minimum Gasteiger partial charge on any atom is -0.492 e. The highest BCUT2D eigenvalue weighted by molar-refractivity contribution is 6.01. The molecule has 2 N–H and O–H groups in total. The van der Waals surface area contributed by atoms with E-state index in [0.29, 0.717) is 17.8 Å². The maximum absolute atomic E-state index is 13.6. The van der Waals surface area contributed by atoms with Crippen molar-refractivity contribution < 1.29 is 13.9 Å². The van der Waals surface area contributed by atoms with E-state index in [9.17, 15) is 9.18 Å². The first-order valence-corrected chi connectivity index (χ1v) is 12.8. The molecule has 38 heavy (non-hydrogen) atoms. The van der Waals surface area contributed by atoms with Crippen LogP contribution in [-0.4, -0.2) is 56.4 Å². The number of rotatable bonds is 6. The smallest absolute Gasteiger partial charge is 0.251 e. The molecule has 0 spiro atoms. The third kappa shape index (κ3) is 4.42. The summed E-state index contributed by atoms with van der Waals surface area (Å²) in [4.78, 5) is 19.7. The standard InChI is InChI=1S/C28H28FN7O2/c1-3-38-21-13-23(26-24-15-31-33-27(24)34-36(26)16-21)18-5-7-25(30-14-18)35-10-8-20(9-11-35)32-28(37)22-12-19(29)6-4-17(22)2/h4-7,12-16,20H,3,8-11H2,1-2H3,(H,32,37)(H,33,34). The van der Waals surface area contributed by atoms with Crippen molar-refractivity contribution in [2.75, 3.05) is 24.6 Å². The summed E-state index contributed by atoms with van der Waals surface area (Å²) in [6, 6.07) is 10.4. The molecule has 9 nitrogen and oxygen atoms in total. The summed E-state index contributed by atoms with van der Waals surface area (Å²) in [5.74, 6) is 0.987. The predicted octanol–water partition coefficient (Wildman–Crippen LogP) is 4.52. The lowest BCUT2D eigenvalue weighted by Crippen LogP contribution is -2.45. The number of carbonyl (C=O) groups excluding carboxylic acids is 1. The second-order valence-electron chi connectivity index (χ2n) is 9.55. The molecule has 0 bridgehead atoms. The largest absolute Gasteiger partial charge is 0.492 e. The molecule has 194 valence electrons. The summed E-state index contributed by atoms with van der Waals surface area (Å²) in [6.07, 6.45) is 7.10. The first kappa shape index (κ1) is 23.9. The molecule has 5 heterocycles. The molecule has 0 unspecified atom stereocenters. The van der Waals surface area contributed by atoms with Gasteiger partial charge in [0.25, 0.3) is 5.91 Å². The van der Waals surface area contributed by atoms with E-state index in [-0.39, 0.29) is 11.9 Å². The molecular weight excluding hydrogens is 485 g/mol. The van der Waals surface area contributed by atoms with Crippen LogP contribution in [0.3, 0.4) is 0 Å². The van der Waals surface area contributed by atoms with Crippen LogP contribution in [-0.2, 0) is 0 Å². The SMILES string of the molecule is CCOc1cc(-c2ccc(N3CCC(NC(=O)c4cc(F)ccc4C)CC3)nc2)c2c3cn[nH]c3nn2c1. The van der Waals surface area contributed by atoms with Gasteiger partial charge in [-0.3, -0.25) is 9.89 Å². The zero-order valence-corrected chi connectivity index (χ0v) is 21.2. The van der Waals surface area contributed by atoms with E-state index in [1.165, 1.54) is 12.1 Å². The minimum absolute atomic E-state index is 0.0366. The van der Waals surface area contributed by atoms with E-state index in [0.717, 1.165) is 65.1 Å². The Kier molecular flexibility index (Phi) is 6.15. The van der Waals surface area contributed by atoms with Crippen LogP contribution < -0.4 is 15.0 Å². The quantitative estimate of drug-likeness (QED) is 0.346. The van der Waals surface area contributed by atoms with E-state index in [2.05, 4.69) is 31.6 Å². The summed E-state index contributed by atoms with van der Waals surface area (Å²) in [5.41, 5.74) is 4.73. The molecule has 6 rings (SSSR count). The van der Waals surface area contributed by atoms with E-state index >= 15 is 0 Å². The zero-order valence-electron chi connectivity index (χ0n) is 21.2. The molecule has 10 heteroatoms. The van der Waals surface area contributed by atoms with Crippen molar-refractivity contribution in [1.29, 1.82) is 0 Å². The number of ether oxygens (including phenoxy) is 1. The number of nitrogens with one attached hydrogen (secondary N) is 2. The molecular formula is C28H28FN7O2. The highest BCUT2D eigenvalue weighted by atomic mass is 19.1. The molecule has 4 aromatic heterocycles. The normalized spacial score (nSPS) is 14.3. The van der Waals surface area contributed by atoms with Gasteiger partial charge >= 0.3 is 0 Å². The van der Waals surface area contributed by atoms with Crippen molar-refractivity contribution in [3.05, 3.63) is 71.9 Å². The van der Waals surface area contributed by atoms with Gasteiger partial charge in [0.2, 0.25) is 0 Å². The van der Waals surface area contributed by atoms with Crippen molar-refractivity contribution in [2.24, 2.45) is 0 Å². The monoisotopic (exact) mass is 513 g/mol. The summed E-state index contributed by atoms with van der Waals surface area (Å²) in [7, 11) is 0. The summed E-state index contributed by atoms with van der Waals surface area (Å²) < 4.78 is 21.2. The second-order valence-corrected chi connectivity index (χ2v) is 9.55. The maximum Gasteiger partial charge on any atom is 0.251 e. The van der Waals surface area contributed by atoms with Crippen LogP contribution in [0.2, 0.25) is 0 Å². The number of piperidine rings is 1. The number of H-pyrrole nitrogens is 1. The number of aromatic nitrogens is 5. The van der Waals surface area contributed by atoms with Gasteiger partial charge < -0.3 is 15.0 Å². The van der Waals surface area contributed by atoms with Crippen molar-refractivity contribution in [1.82, 2.24) is 30.1 Å². The van der Waals surface area contributed by atoms with Crippen LogP contribution in [0.5, 0.6) is 5.75 Å². The van der Waals surface area contributed by atoms with Gasteiger partial charge in [-0.2, -0.15) is 5.10 Å². The number of hydrogen-bond donors (Lipinski definition) is 2. The molecule has 5 aromatic rings. The highest BCUT2D eigenvalue weighted by Gasteiger charge is 2.23. The average molecular weight is 514 g/mol. The topological polar surface area (TPSA) is 100 Å². The molecule has 0 saturated carbocycles. The lowest BCUT2D eigenvalue weighted by atomic mass is 10.0. The van der Waals surface area contributed by atoms with Crippen LogP contribution in [0.15, 0.2) is 55.0 Å². The maximum atomic E-state index is 13.6. The highest BCUT2D eigenvalue weighted by Crippen LogP contribution is 2.33. The van der Waals surface area contributed by atoms with E-state index in [1.807, 2.05) is 42.9 Å². The molecule has 0 aliphatic carbocycles. The number of anilines is 1. The minimum atomic E-state index is -0.405. The Labute approximate surface area is 218 Å². The third-order valence-corrected chi connectivity index (χ3v) is 7.07. The van der Waals surface area contributed by atoms with Crippen LogP contribution in [0, 0.1) is 12.7 Å². The molecule has 1 aliphatic heterocycles. The second kappa shape index (κ2) is 9.77.